The topological polar surface area (TPSA) is 60.4 Å². The summed E-state index contributed by atoms with van der Waals surface area (Å²) in [6.07, 6.45) is 3.25. The van der Waals surface area contributed by atoms with E-state index in [-0.39, 0.29) is 31.0 Å². The van der Waals surface area contributed by atoms with Gasteiger partial charge in [-0.1, -0.05) is 23.7 Å². The smallest absolute Gasteiger partial charge is 0.306 e. The van der Waals surface area contributed by atoms with E-state index >= 15 is 0 Å². The molecule has 0 atom stereocenters. The zero-order chi connectivity index (χ0) is 17.8. The quantitative estimate of drug-likeness (QED) is 0.534. The molecule has 1 aliphatic carbocycles. The first kappa shape index (κ1) is 17.8. The lowest BCUT2D eigenvalue weighted by atomic mass is 10.0. The highest BCUT2D eigenvalue weighted by atomic mass is 35.5. The predicted octanol–water partition coefficient (Wildman–Crippen LogP) is 4.28. The second-order valence-electron chi connectivity index (χ2n) is 5.95. The van der Waals surface area contributed by atoms with Gasteiger partial charge < -0.3 is 4.74 Å². The third-order valence-corrected chi connectivity index (χ3v) is 5.46. The van der Waals surface area contributed by atoms with Crippen LogP contribution in [0.15, 0.2) is 30.3 Å². The summed E-state index contributed by atoms with van der Waals surface area (Å²) < 4.78 is 5.46. The van der Waals surface area contributed by atoms with E-state index in [9.17, 15) is 14.4 Å². The van der Waals surface area contributed by atoms with Crippen LogP contribution in [0.3, 0.4) is 0 Å². The average Bonchev–Trinajstić information content (AvgIpc) is 3.25. The molecule has 4 nitrogen and oxygen atoms in total. The molecule has 0 aliphatic heterocycles. The average molecular weight is 377 g/mol. The molecule has 1 aliphatic rings. The predicted molar refractivity (Wildman–Crippen MR) is 96.7 cm³/mol. The van der Waals surface area contributed by atoms with Crippen LogP contribution >= 0.6 is 22.9 Å². The summed E-state index contributed by atoms with van der Waals surface area (Å²) in [5.74, 6) is -0.927. The maximum atomic E-state index is 12.2. The molecule has 1 aromatic heterocycles. The molecule has 0 amide bonds. The summed E-state index contributed by atoms with van der Waals surface area (Å²) in [6.45, 7) is -0.331. The molecule has 0 saturated heterocycles. The molecule has 0 spiro atoms. The van der Waals surface area contributed by atoms with Crippen molar-refractivity contribution in [3.05, 3.63) is 56.2 Å². The number of rotatable bonds is 7. The standard InChI is InChI=1S/C19H17ClO4S/c20-18-8-7-17(25-18)16(22)11-24-19(23)9-6-15(21)14-5-4-12-2-1-3-13(12)10-14/h4-5,7-8,10H,1-3,6,9,11H2. The molecule has 1 heterocycles. The minimum Gasteiger partial charge on any atom is -0.457 e. The normalized spacial score (nSPS) is 12.7. The Bertz CT molecular complexity index is 825. The number of esters is 1. The van der Waals surface area contributed by atoms with Crippen molar-refractivity contribution in [1.29, 1.82) is 0 Å². The molecule has 130 valence electrons. The van der Waals surface area contributed by atoms with Crippen LogP contribution in [0.1, 0.15) is 50.4 Å². The van der Waals surface area contributed by atoms with Crippen LogP contribution < -0.4 is 0 Å². The fourth-order valence-electron chi connectivity index (χ4n) is 2.86. The van der Waals surface area contributed by atoms with Crippen molar-refractivity contribution in [2.24, 2.45) is 0 Å². The third-order valence-electron chi connectivity index (χ3n) is 4.19. The zero-order valence-corrected chi connectivity index (χ0v) is 15.1. The maximum absolute atomic E-state index is 12.2. The molecule has 1 aromatic carbocycles. The molecular formula is C19H17ClO4S. The van der Waals surface area contributed by atoms with Gasteiger partial charge in [0.1, 0.15) is 0 Å². The van der Waals surface area contributed by atoms with Gasteiger partial charge in [0.15, 0.2) is 12.4 Å². The largest absolute Gasteiger partial charge is 0.457 e. The van der Waals surface area contributed by atoms with Crippen LogP contribution in [-0.4, -0.2) is 24.1 Å². The van der Waals surface area contributed by atoms with E-state index in [0.29, 0.717) is 14.8 Å². The Hall–Kier alpha value is -1.98. The minimum absolute atomic E-state index is 0.0333. The fourth-order valence-corrected chi connectivity index (χ4v) is 3.83. The van der Waals surface area contributed by atoms with Crippen LogP contribution in [-0.2, 0) is 22.4 Å². The molecule has 0 N–H and O–H groups in total. The highest BCUT2D eigenvalue weighted by molar-refractivity contribution is 7.18. The Balaban J connectivity index is 1.45. The molecule has 0 unspecified atom stereocenters. The van der Waals surface area contributed by atoms with E-state index < -0.39 is 5.97 Å². The van der Waals surface area contributed by atoms with Crippen LogP contribution in [0.4, 0.5) is 0 Å². The summed E-state index contributed by atoms with van der Waals surface area (Å²) >= 11 is 6.91. The lowest BCUT2D eigenvalue weighted by molar-refractivity contribution is -0.142. The molecule has 6 heteroatoms. The Morgan fingerprint density at radius 2 is 1.80 bits per heavy atom. The Morgan fingerprint density at radius 3 is 2.56 bits per heavy atom. The van der Waals surface area contributed by atoms with Gasteiger partial charge in [-0.25, -0.2) is 0 Å². The maximum Gasteiger partial charge on any atom is 0.306 e. The number of aryl methyl sites for hydroxylation is 2. The van der Waals surface area contributed by atoms with E-state index in [1.165, 1.54) is 11.1 Å². The molecule has 0 saturated carbocycles. The number of halogens is 1. The van der Waals surface area contributed by atoms with Gasteiger partial charge in [-0.15, -0.1) is 11.3 Å². The Morgan fingerprint density at radius 1 is 1.00 bits per heavy atom. The number of Topliss-reactive ketones (excluding diaryl/α,β-unsaturated/α-hetero) is 2. The Labute approximate surface area is 154 Å². The van der Waals surface area contributed by atoms with Crippen molar-refractivity contribution in [1.82, 2.24) is 0 Å². The number of hydrogen-bond acceptors (Lipinski definition) is 5. The monoisotopic (exact) mass is 376 g/mol. The number of carbonyl (C=O) groups is 3. The second kappa shape index (κ2) is 7.93. The molecule has 3 rings (SSSR count). The number of carbonyl (C=O) groups excluding carboxylic acids is 3. The van der Waals surface area contributed by atoms with Crippen LogP contribution in [0.25, 0.3) is 0 Å². The molecule has 2 aromatic rings. The van der Waals surface area contributed by atoms with Gasteiger partial charge in [-0.3, -0.25) is 14.4 Å². The third kappa shape index (κ3) is 4.55. The van der Waals surface area contributed by atoms with Crippen molar-refractivity contribution >= 4 is 40.5 Å². The van der Waals surface area contributed by atoms with Gasteiger partial charge in [0, 0.05) is 12.0 Å². The summed E-state index contributed by atoms with van der Waals surface area (Å²) in [4.78, 5) is 36.3. The van der Waals surface area contributed by atoms with E-state index in [0.717, 1.165) is 30.6 Å². The van der Waals surface area contributed by atoms with E-state index in [1.54, 1.807) is 12.1 Å². The van der Waals surface area contributed by atoms with Gasteiger partial charge in [-0.05, 0) is 48.6 Å². The first-order valence-corrected chi connectivity index (χ1v) is 9.31. The number of hydrogen-bond donors (Lipinski definition) is 0. The SMILES string of the molecule is O=C(CCC(=O)c1ccc2c(c1)CCC2)OCC(=O)c1ccc(Cl)s1. The number of fused-ring (bicyclic) bond motifs is 1. The molecule has 0 radical (unpaired) electrons. The summed E-state index contributed by atoms with van der Waals surface area (Å²) in [7, 11) is 0. The lowest BCUT2D eigenvalue weighted by Gasteiger charge is -2.05. The Kier molecular flexibility index (Phi) is 5.66. The number of ketones is 2. The first-order chi connectivity index (χ1) is 12.0. The van der Waals surface area contributed by atoms with Crippen molar-refractivity contribution < 1.29 is 19.1 Å². The highest BCUT2D eigenvalue weighted by Crippen LogP contribution is 2.24. The van der Waals surface area contributed by atoms with Crippen LogP contribution in [0.5, 0.6) is 0 Å². The fraction of sp³-hybridized carbons (Fsp3) is 0.316. The summed E-state index contributed by atoms with van der Waals surface area (Å²) in [5, 5.41) is 0. The molecular weight excluding hydrogens is 360 g/mol. The van der Waals surface area contributed by atoms with Gasteiger partial charge >= 0.3 is 5.97 Å². The van der Waals surface area contributed by atoms with Gasteiger partial charge in [0.05, 0.1) is 15.6 Å². The van der Waals surface area contributed by atoms with E-state index in [4.69, 9.17) is 16.3 Å². The van der Waals surface area contributed by atoms with E-state index in [1.807, 2.05) is 18.2 Å². The number of thiophene rings is 1. The van der Waals surface area contributed by atoms with Crippen LogP contribution in [0, 0.1) is 0 Å². The van der Waals surface area contributed by atoms with E-state index in [2.05, 4.69) is 0 Å². The van der Waals surface area contributed by atoms with Gasteiger partial charge in [-0.2, -0.15) is 0 Å². The molecule has 0 bridgehead atoms. The zero-order valence-electron chi connectivity index (χ0n) is 13.5. The number of ether oxygens (including phenoxy) is 1. The first-order valence-electron chi connectivity index (χ1n) is 8.12. The van der Waals surface area contributed by atoms with Crippen LogP contribution in [0.2, 0.25) is 4.34 Å². The number of benzene rings is 1. The van der Waals surface area contributed by atoms with Crippen molar-refractivity contribution in [2.45, 2.75) is 32.1 Å². The minimum atomic E-state index is -0.550. The highest BCUT2D eigenvalue weighted by Gasteiger charge is 2.16. The lowest BCUT2D eigenvalue weighted by Crippen LogP contribution is -2.14. The van der Waals surface area contributed by atoms with Crippen molar-refractivity contribution in [3.63, 3.8) is 0 Å². The summed E-state index contributed by atoms with van der Waals surface area (Å²) in [6, 6.07) is 8.97. The van der Waals surface area contributed by atoms with Crippen molar-refractivity contribution in [3.8, 4) is 0 Å². The molecule has 0 fully saturated rings. The van der Waals surface area contributed by atoms with Gasteiger partial charge in [0.2, 0.25) is 5.78 Å². The van der Waals surface area contributed by atoms with Crippen molar-refractivity contribution in [2.75, 3.05) is 6.61 Å². The van der Waals surface area contributed by atoms with Gasteiger partial charge in [0.25, 0.3) is 0 Å². The second-order valence-corrected chi connectivity index (χ2v) is 7.66. The summed E-state index contributed by atoms with van der Waals surface area (Å²) in [5.41, 5.74) is 3.18. The molecule has 25 heavy (non-hydrogen) atoms.